The number of aryl methyl sites for hydroxylation is 1. The third kappa shape index (κ3) is 6.89. The molecular weight excluding hydrogens is 480 g/mol. The zero-order valence-electron chi connectivity index (χ0n) is 24.7. The number of carbonyl (C=O) groups excluding carboxylic acids is 2. The van der Waals surface area contributed by atoms with E-state index in [0.717, 1.165) is 51.9 Å². The summed E-state index contributed by atoms with van der Waals surface area (Å²) < 4.78 is 0. The highest BCUT2D eigenvalue weighted by molar-refractivity contribution is 5.92. The van der Waals surface area contributed by atoms with Crippen LogP contribution in [-0.2, 0) is 20.4 Å². The number of likely N-dealkylation sites (tertiary alicyclic amines) is 1. The molecule has 3 fully saturated rings. The summed E-state index contributed by atoms with van der Waals surface area (Å²) in [5, 5.41) is 0. The van der Waals surface area contributed by atoms with Crippen LogP contribution >= 0.6 is 0 Å². The van der Waals surface area contributed by atoms with Gasteiger partial charge in [0.1, 0.15) is 0 Å². The van der Waals surface area contributed by atoms with Gasteiger partial charge in [0.15, 0.2) is 11.6 Å². The second-order valence-corrected chi connectivity index (χ2v) is 12.1. The fourth-order valence-corrected chi connectivity index (χ4v) is 7.14. The lowest BCUT2D eigenvalue weighted by atomic mass is 9.75. The zero-order chi connectivity index (χ0) is 27.7. The first-order valence-electron chi connectivity index (χ1n) is 15.6. The molecule has 0 amide bonds. The molecule has 4 heteroatoms. The van der Waals surface area contributed by atoms with Gasteiger partial charge in [-0.2, -0.15) is 0 Å². The van der Waals surface area contributed by atoms with E-state index in [2.05, 4.69) is 79.1 Å². The standard InChI is InChI=1S/C18H27NO.C17H23NO/c1-4-19(5-2)14-17(20)18(12-6-7-13-18)16-10-8-15(3)9-11-16;19-16(14-18-12-6-7-13-18)17(10-4-5-11-17)15-8-2-1-3-9-15/h8-11H,4-7,12-14H2,1-3H3;1-3,8-9H,4-7,10-14H2. The summed E-state index contributed by atoms with van der Waals surface area (Å²) in [5.74, 6) is 0.876. The van der Waals surface area contributed by atoms with Crippen LogP contribution in [0, 0.1) is 6.92 Å². The minimum absolute atomic E-state index is 0.177. The van der Waals surface area contributed by atoms with Crippen LogP contribution < -0.4 is 0 Å². The van der Waals surface area contributed by atoms with Crippen molar-refractivity contribution in [2.24, 2.45) is 0 Å². The van der Waals surface area contributed by atoms with Crippen molar-refractivity contribution in [3.63, 3.8) is 0 Å². The van der Waals surface area contributed by atoms with E-state index < -0.39 is 0 Å². The molecule has 3 aliphatic rings. The highest BCUT2D eigenvalue weighted by Crippen LogP contribution is 2.43. The van der Waals surface area contributed by atoms with Gasteiger partial charge in [-0.05, 0) is 82.8 Å². The van der Waals surface area contributed by atoms with E-state index >= 15 is 0 Å². The molecule has 0 spiro atoms. The number of hydrogen-bond acceptors (Lipinski definition) is 4. The molecule has 2 aromatic rings. The summed E-state index contributed by atoms with van der Waals surface area (Å²) >= 11 is 0. The molecule has 2 aliphatic carbocycles. The predicted octanol–water partition coefficient (Wildman–Crippen LogP) is 6.88. The number of rotatable bonds is 10. The molecule has 0 N–H and O–H groups in total. The Kier molecular flexibility index (Phi) is 10.5. The molecular formula is C35H50N2O2. The third-order valence-corrected chi connectivity index (χ3v) is 9.74. The first kappa shape index (κ1) is 29.7. The van der Waals surface area contributed by atoms with Crippen LogP contribution in [0.15, 0.2) is 54.6 Å². The van der Waals surface area contributed by atoms with Crippen LogP contribution in [0.3, 0.4) is 0 Å². The Morgan fingerprint density at radius 2 is 1.18 bits per heavy atom. The summed E-state index contributed by atoms with van der Waals surface area (Å²) in [6.45, 7) is 11.7. The van der Waals surface area contributed by atoms with Crippen molar-refractivity contribution < 1.29 is 9.59 Å². The number of benzene rings is 2. The minimum Gasteiger partial charge on any atom is -0.297 e. The quantitative estimate of drug-likeness (QED) is 0.336. The average molecular weight is 531 g/mol. The van der Waals surface area contributed by atoms with Crippen LogP contribution in [0.4, 0.5) is 0 Å². The van der Waals surface area contributed by atoms with Crippen LogP contribution in [0.2, 0.25) is 0 Å². The lowest BCUT2D eigenvalue weighted by molar-refractivity contribution is -0.126. The Balaban J connectivity index is 0.000000181. The van der Waals surface area contributed by atoms with E-state index in [-0.39, 0.29) is 10.8 Å². The Morgan fingerprint density at radius 3 is 1.69 bits per heavy atom. The maximum atomic E-state index is 12.9. The normalized spacial score (nSPS) is 20.1. The van der Waals surface area contributed by atoms with Crippen LogP contribution in [0.1, 0.15) is 94.7 Å². The van der Waals surface area contributed by atoms with Crippen molar-refractivity contribution >= 4 is 11.6 Å². The summed E-state index contributed by atoms with van der Waals surface area (Å²) in [6.07, 6.45) is 11.4. The Bertz CT molecular complexity index is 1040. The fraction of sp³-hybridized carbons (Fsp3) is 0.600. The minimum atomic E-state index is -0.212. The number of nitrogens with zero attached hydrogens (tertiary/aromatic N) is 2. The highest BCUT2D eigenvalue weighted by atomic mass is 16.1. The van der Waals surface area contributed by atoms with Crippen molar-refractivity contribution in [3.8, 4) is 0 Å². The Labute approximate surface area is 237 Å². The van der Waals surface area contributed by atoms with Crippen molar-refractivity contribution in [1.29, 1.82) is 0 Å². The third-order valence-electron chi connectivity index (χ3n) is 9.74. The van der Waals surface area contributed by atoms with Crippen LogP contribution in [-0.4, -0.2) is 60.6 Å². The van der Waals surface area contributed by atoms with E-state index in [1.165, 1.54) is 55.2 Å². The molecule has 212 valence electrons. The molecule has 2 aromatic carbocycles. The van der Waals surface area contributed by atoms with Gasteiger partial charge in [-0.1, -0.05) is 99.7 Å². The second-order valence-electron chi connectivity index (χ2n) is 12.1. The molecule has 1 aliphatic heterocycles. The molecule has 1 saturated heterocycles. The van der Waals surface area contributed by atoms with Crippen molar-refractivity contribution in [2.75, 3.05) is 39.3 Å². The van der Waals surface area contributed by atoms with Crippen molar-refractivity contribution in [1.82, 2.24) is 9.80 Å². The number of Topliss-reactive ketones (excluding diaryl/α,β-unsaturated/α-hetero) is 2. The monoisotopic (exact) mass is 530 g/mol. The van der Waals surface area contributed by atoms with Crippen molar-refractivity contribution in [3.05, 3.63) is 71.3 Å². The highest BCUT2D eigenvalue weighted by Gasteiger charge is 2.43. The lowest BCUT2D eigenvalue weighted by Crippen LogP contribution is -2.41. The SMILES string of the molecule is CCN(CC)CC(=O)C1(c2ccc(C)cc2)CCCC1.O=C(CN1CCCC1)C1(c2ccccc2)CCCC1. The van der Waals surface area contributed by atoms with Gasteiger partial charge >= 0.3 is 0 Å². The van der Waals surface area contributed by atoms with Gasteiger partial charge in [0, 0.05) is 0 Å². The largest absolute Gasteiger partial charge is 0.297 e. The number of likely N-dealkylation sites (N-methyl/N-ethyl adjacent to an activating group) is 1. The van der Waals surface area contributed by atoms with Gasteiger partial charge in [0.2, 0.25) is 0 Å². The van der Waals surface area contributed by atoms with Gasteiger partial charge in [0.25, 0.3) is 0 Å². The van der Waals surface area contributed by atoms with Crippen LogP contribution in [0.25, 0.3) is 0 Å². The van der Waals surface area contributed by atoms with Gasteiger partial charge in [-0.15, -0.1) is 0 Å². The molecule has 0 unspecified atom stereocenters. The Morgan fingerprint density at radius 1 is 0.692 bits per heavy atom. The molecule has 1 heterocycles. The summed E-state index contributed by atoms with van der Waals surface area (Å²) in [7, 11) is 0. The molecule has 0 radical (unpaired) electrons. The van der Waals surface area contributed by atoms with Crippen LogP contribution in [0.5, 0.6) is 0 Å². The molecule has 0 bridgehead atoms. The number of hydrogen-bond donors (Lipinski definition) is 0. The van der Waals surface area contributed by atoms with E-state index in [4.69, 9.17) is 0 Å². The lowest BCUT2D eigenvalue weighted by Gasteiger charge is -2.31. The smallest absolute Gasteiger partial charge is 0.157 e. The molecule has 5 rings (SSSR count). The zero-order valence-corrected chi connectivity index (χ0v) is 24.7. The maximum absolute atomic E-state index is 12.9. The van der Waals surface area contributed by atoms with Gasteiger partial charge in [-0.25, -0.2) is 0 Å². The summed E-state index contributed by atoms with van der Waals surface area (Å²) in [6, 6.07) is 19.1. The van der Waals surface area contributed by atoms with Gasteiger partial charge in [0.05, 0.1) is 23.9 Å². The number of carbonyl (C=O) groups is 2. The average Bonchev–Trinajstić information content (AvgIpc) is 3.76. The molecule has 0 aromatic heterocycles. The van der Waals surface area contributed by atoms with E-state index in [1.807, 2.05) is 6.07 Å². The van der Waals surface area contributed by atoms with Crippen molar-refractivity contribution in [2.45, 2.75) is 95.8 Å². The van der Waals surface area contributed by atoms with E-state index in [0.29, 0.717) is 24.7 Å². The Hall–Kier alpha value is -2.30. The first-order valence-corrected chi connectivity index (χ1v) is 15.6. The molecule has 2 saturated carbocycles. The topological polar surface area (TPSA) is 40.6 Å². The van der Waals surface area contributed by atoms with Gasteiger partial charge < -0.3 is 0 Å². The predicted molar refractivity (Wildman–Crippen MR) is 161 cm³/mol. The fourth-order valence-electron chi connectivity index (χ4n) is 7.14. The van der Waals surface area contributed by atoms with E-state index in [9.17, 15) is 9.59 Å². The molecule has 4 nitrogen and oxygen atoms in total. The first-order chi connectivity index (χ1) is 18.9. The summed E-state index contributed by atoms with van der Waals surface area (Å²) in [4.78, 5) is 30.4. The second kappa shape index (κ2) is 13.9. The van der Waals surface area contributed by atoms with E-state index in [1.54, 1.807) is 0 Å². The number of ketones is 2. The summed E-state index contributed by atoms with van der Waals surface area (Å²) in [5.41, 5.74) is 3.35. The molecule has 39 heavy (non-hydrogen) atoms. The van der Waals surface area contributed by atoms with Gasteiger partial charge in [-0.3, -0.25) is 19.4 Å². The maximum Gasteiger partial charge on any atom is 0.157 e. The molecule has 0 atom stereocenters.